The normalized spacial score (nSPS) is 21.5. The molecule has 0 radical (unpaired) electrons. The van der Waals surface area contributed by atoms with E-state index >= 15 is 0 Å². The van der Waals surface area contributed by atoms with Crippen molar-refractivity contribution in [2.24, 2.45) is 4.99 Å². The first kappa shape index (κ1) is 18.7. The van der Waals surface area contributed by atoms with Gasteiger partial charge in [0.1, 0.15) is 0 Å². The fourth-order valence-corrected chi connectivity index (χ4v) is 2.86. The zero-order chi connectivity index (χ0) is 17.2. The van der Waals surface area contributed by atoms with Gasteiger partial charge in [-0.2, -0.15) is 0 Å². The van der Waals surface area contributed by atoms with E-state index in [1.807, 2.05) is 6.92 Å². The standard InChI is InChI=1S/C19H31N3O2/c1-3-20-19(22-17-9-11-18(23)12-10-17)21-13-15-5-7-16(8-6-15)14-24-4-2/h5-8,17-18,23H,3-4,9-14H2,1-2H3,(H2,20,21,22). The minimum absolute atomic E-state index is 0.127. The molecular weight excluding hydrogens is 302 g/mol. The molecule has 1 aromatic carbocycles. The lowest BCUT2D eigenvalue weighted by atomic mass is 9.93. The molecule has 1 saturated carbocycles. The Labute approximate surface area is 145 Å². The Morgan fingerprint density at radius 2 is 1.79 bits per heavy atom. The number of ether oxygens (including phenoxy) is 1. The summed E-state index contributed by atoms with van der Waals surface area (Å²) >= 11 is 0. The van der Waals surface area contributed by atoms with Crippen LogP contribution in [0.25, 0.3) is 0 Å². The summed E-state index contributed by atoms with van der Waals surface area (Å²) in [6.45, 7) is 6.98. The van der Waals surface area contributed by atoms with Crippen LogP contribution in [-0.4, -0.2) is 36.4 Å². The molecule has 0 bridgehead atoms. The highest BCUT2D eigenvalue weighted by atomic mass is 16.5. The Bertz CT molecular complexity index is 494. The molecular formula is C19H31N3O2. The summed E-state index contributed by atoms with van der Waals surface area (Å²) in [5.74, 6) is 0.859. The first-order valence-corrected chi connectivity index (χ1v) is 9.09. The Hall–Kier alpha value is -1.59. The number of nitrogens with one attached hydrogen (secondary N) is 2. The van der Waals surface area contributed by atoms with Gasteiger partial charge in [0.25, 0.3) is 0 Å². The van der Waals surface area contributed by atoms with E-state index in [9.17, 15) is 5.11 Å². The van der Waals surface area contributed by atoms with E-state index in [-0.39, 0.29) is 6.10 Å². The van der Waals surface area contributed by atoms with E-state index in [2.05, 4.69) is 46.8 Å². The van der Waals surface area contributed by atoms with Crippen LogP contribution in [0.1, 0.15) is 50.7 Å². The molecule has 5 heteroatoms. The molecule has 1 aromatic rings. The van der Waals surface area contributed by atoms with E-state index in [0.717, 1.165) is 44.8 Å². The molecule has 0 aliphatic heterocycles. The summed E-state index contributed by atoms with van der Waals surface area (Å²) in [6.07, 6.45) is 3.62. The quantitative estimate of drug-likeness (QED) is 0.530. The molecule has 0 aromatic heterocycles. The molecule has 3 N–H and O–H groups in total. The van der Waals surface area contributed by atoms with Crippen molar-refractivity contribution in [2.45, 2.75) is 64.8 Å². The summed E-state index contributed by atoms with van der Waals surface area (Å²) in [6, 6.07) is 8.82. The second-order valence-corrected chi connectivity index (χ2v) is 6.30. The molecule has 0 unspecified atom stereocenters. The van der Waals surface area contributed by atoms with E-state index in [1.54, 1.807) is 0 Å². The van der Waals surface area contributed by atoms with Gasteiger partial charge < -0.3 is 20.5 Å². The van der Waals surface area contributed by atoms with Crippen molar-refractivity contribution >= 4 is 5.96 Å². The summed E-state index contributed by atoms with van der Waals surface area (Å²) in [5.41, 5.74) is 2.38. The third-order valence-electron chi connectivity index (χ3n) is 4.30. The maximum atomic E-state index is 9.61. The minimum atomic E-state index is -0.127. The lowest BCUT2D eigenvalue weighted by molar-refractivity contribution is 0.120. The van der Waals surface area contributed by atoms with Crippen LogP contribution in [0, 0.1) is 0 Å². The summed E-state index contributed by atoms with van der Waals surface area (Å²) in [7, 11) is 0. The largest absolute Gasteiger partial charge is 0.393 e. The fourth-order valence-electron chi connectivity index (χ4n) is 2.86. The van der Waals surface area contributed by atoms with Gasteiger partial charge in [0.2, 0.25) is 0 Å². The van der Waals surface area contributed by atoms with Gasteiger partial charge in [-0.05, 0) is 50.7 Å². The third-order valence-corrected chi connectivity index (χ3v) is 4.30. The molecule has 24 heavy (non-hydrogen) atoms. The number of benzene rings is 1. The van der Waals surface area contributed by atoms with Crippen molar-refractivity contribution in [1.29, 1.82) is 0 Å². The van der Waals surface area contributed by atoms with Crippen LogP contribution in [0.2, 0.25) is 0 Å². The molecule has 134 valence electrons. The zero-order valence-electron chi connectivity index (χ0n) is 14.9. The predicted octanol–water partition coefficient (Wildman–Crippen LogP) is 2.58. The highest BCUT2D eigenvalue weighted by molar-refractivity contribution is 5.80. The van der Waals surface area contributed by atoms with E-state index in [0.29, 0.717) is 19.2 Å². The van der Waals surface area contributed by atoms with Gasteiger partial charge in [-0.1, -0.05) is 24.3 Å². The SMILES string of the molecule is CCNC(=NCc1ccc(COCC)cc1)NC1CCC(O)CC1. The van der Waals surface area contributed by atoms with Gasteiger partial charge in [0.05, 0.1) is 19.3 Å². The number of aliphatic hydroxyl groups excluding tert-OH is 1. The Morgan fingerprint density at radius 3 is 2.42 bits per heavy atom. The average Bonchev–Trinajstić information content (AvgIpc) is 2.61. The highest BCUT2D eigenvalue weighted by Gasteiger charge is 2.19. The van der Waals surface area contributed by atoms with Crippen molar-refractivity contribution < 1.29 is 9.84 Å². The molecule has 0 heterocycles. The van der Waals surface area contributed by atoms with Crippen LogP contribution in [-0.2, 0) is 17.9 Å². The molecule has 0 spiro atoms. The molecule has 2 rings (SSSR count). The number of rotatable bonds is 7. The van der Waals surface area contributed by atoms with Gasteiger partial charge in [-0.25, -0.2) is 4.99 Å². The van der Waals surface area contributed by atoms with Crippen molar-refractivity contribution in [2.75, 3.05) is 13.2 Å². The lowest BCUT2D eigenvalue weighted by Crippen LogP contribution is -2.45. The van der Waals surface area contributed by atoms with Crippen LogP contribution in [0.3, 0.4) is 0 Å². The topological polar surface area (TPSA) is 65.9 Å². The number of guanidine groups is 1. The summed E-state index contributed by atoms with van der Waals surface area (Å²) < 4.78 is 5.42. The Balaban J connectivity index is 1.87. The smallest absolute Gasteiger partial charge is 0.191 e. The molecule has 1 aliphatic carbocycles. The van der Waals surface area contributed by atoms with Crippen LogP contribution >= 0.6 is 0 Å². The maximum absolute atomic E-state index is 9.61. The van der Waals surface area contributed by atoms with E-state index < -0.39 is 0 Å². The second kappa shape index (κ2) is 10.3. The first-order chi connectivity index (χ1) is 11.7. The van der Waals surface area contributed by atoms with E-state index in [4.69, 9.17) is 4.74 Å². The van der Waals surface area contributed by atoms with Crippen LogP contribution in [0.15, 0.2) is 29.3 Å². The van der Waals surface area contributed by atoms with Crippen molar-refractivity contribution in [3.8, 4) is 0 Å². The molecule has 1 aliphatic rings. The molecule has 5 nitrogen and oxygen atoms in total. The predicted molar refractivity (Wildman–Crippen MR) is 98.0 cm³/mol. The zero-order valence-corrected chi connectivity index (χ0v) is 14.9. The first-order valence-electron chi connectivity index (χ1n) is 9.09. The third kappa shape index (κ3) is 6.49. The Kier molecular flexibility index (Phi) is 8.05. The van der Waals surface area contributed by atoms with Gasteiger partial charge >= 0.3 is 0 Å². The molecule has 0 amide bonds. The number of aliphatic imine (C=N–C) groups is 1. The van der Waals surface area contributed by atoms with Crippen LogP contribution < -0.4 is 10.6 Å². The van der Waals surface area contributed by atoms with E-state index in [1.165, 1.54) is 11.1 Å². The number of hydrogen-bond acceptors (Lipinski definition) is 3. The van der Waals surface area contributed by atoms with Crippen molar-refractivity contribution in [1.82, 2.24) is 10.6 Å². The van der Waals surface area contributed by atoms with Crippen LogP contribution in [0.4, 0.5) is 0 Å². The number of hydrogen-bond donors (Lipinski definition) is 3. The summed E-state index contributed by atoms with van der Waals surface area (Å²) in [4.78, 5) is 4.69. The van der Waals surface area contributed by atoms with Crippen molar-refractivity contribution in [3.05, 3.63) is 35.4 Å². The molecule has 1 fully saturated rings. The van der Waals surface area contributed by atoms with Crippen molar-refractivity contribution in [3.63, 3.8) is 0 Å². The molecule has 0 saturated heterocycles. The lowest BCUT2D eigenvalue weighted by Gasteiger charge is -2.27. The van der Waals surface area contributed by atoms with Gasteiger partial charge in [-0.15, -0.1) is 0 Å². The highest BCUT2D eigenvalue weighted by Crippen LogP contribution is 2.18. The van der Waals surface area contributed by atoms with Gasteiger partial charge in [0, 0.05) is 19.2 Å². The van der Waals surface area contributed by atoms with Gasteiger partial charge in [0.15, 0.2) is 5.96 Å². The number of aliphatic hydroxyl groups is 1. The maximum Gasteiger partial charge on any atom is 0.191 e. The van der Waals surface area contributed by atoms with Crippen LogP contribution in [0.5, 0.6) is 0 Å². The fraction of sp³-hybridized carbons (Fsp3) is 0.632. The summed E-state index contributed by atoms with van der Waals surface area (Å²) in [5, 5.41) is 16.4. The second-order valence-electron chi connectivity index (χ2n) is 6.30. The minimum Gasteiger partial charge on any atom is -0.393 e. The number of nitrogens with zero attached hydrogens (tertiary/aromatic N) is 1. The molecule has 0 atom stereocenters. The average molecular weight is 333 g/mol. The van der Waals surface area contributed by atoms with Gasteiger partial charge in [-0.3, -0.25) is 0 Å². The monoisotopic (exact) mass is 333 g/mol. The Morgan fingerprint density at radius 1 is 1.12 bits per heavy atom.